The van der Waals surface area contributed by atoms with Crippen LogP contribution in [0, 0.1) is 5.92 Å². The zero-order valence-corrected chi connectivity index (χ0v) is 12.1. The van der Waals surface area contributed by atoms with E-state index < -0.39 is 10.0 Å². The predicted molar refractivity (Wildman–Crippen MR) is 73.1 cm³/mol. The van der Waals surface area contributed by atoms with Crippen molar-refractivity contribution >= 4 is 10.0 Å². The van der Waals surface area contributed by atoms with E-state index in [9.17, 15) is 8.42 Å². The number of aryl methyl sites for hydroxylation is 1. The van der Waals surface area contributed by atoms with Crippen LogP contribution in [0.3, 0.4) is 0 Å². The fraction of sp³-hybridized carbons (Fsp3) is 0.692. The molecular formula is C13H22N2O3S. The van der Waals surface area contributed by atoms with E-state index in [1.807, 2.05) is 0 Å². The average molecular weight is 286 g/mol. The van der Waals surface area contributed by atoms with Gasteiger partial charge in [0.1, 0.15) is 0 Å². The molecule has 0 bridgehead atoms. The Balaban J connectivity index is 2.00. The van der Waals surface area contributed by atoms with Crippen LogP contribution in [0.5, 0.6) is 0 Å². The third kappa shape index (κ3) is 3.58. The second kappa shape index (κ2) is 6.07. The van der Waals surface area contributed by atoms with Gasteiger partial charge >= 0.3 is 0 Å². The molecule has 19 heavy (non-hydrogen) atoms. The quantitative estimate of drug-likeness (QED) is 0.859. The molecule has 0 saturated heterocycles. The summed E-state index contributed by atoms with van der Waals surface area (Å²) >= 11 is 0. The van der Waals surface area contributed by atoms with Crippen molar-refractivity contribution in [3.63, 3.8) is 0 Å². The van der Waals surface area contributed by atoms with Crippen molar-refractivity contribution in [2.45, 2.75) is 43.6 Å². The lowest BCUT2D eigenvalue weighted by Gasteiger charge is -2.21. The Morgan fingerprint density at radius 1 is 1.37 bits per heavy atom. The van der Waals surface area contributed by atoms with Crippen LogP contribution in [0.25, 0.3) is 0 Å². The molecule has 108 valence electrons. The maximum Gasteiger partial charge on any atom is 0.242 e. The summed E-state index contributed by atoms with van der Waals surface area (Å²) in [6.45, 7) is 0.361. The largest absolute Gasteiger partial charge is 0.390 e. The van der Waals surface area contributed by atoms with Crippen molar-refractivity contribution in [2.75, 3.05) is 6.54 Å². The van der Waals surface area contributed by atoms with Crippen LogP contribution in [0.4, 0.5) is 0 Å². The first kappa shape index (κ1) is 14.6. The molecule has 2 rings (SSSR count). The van der Waals surface area contributed by atoms with Crippen LogP contribution in [0.2, 0.25) is 0 Å². The third-order valence-electron chi connectivity index (χ3n) is 3.84. The summed E-state index contributed by atoms with van der Waals surface area (Å²) in [7, 11) is -1.73. The van der Waals surface area contributed by atoms with Gasteiger partial charge in [0, 0.05) is 25.5 Å². The van der Waals surface area contributed by atoms with E-state index in [4.69, 9.17) is 5.11 Å². The number of rotatable bonds is 5. The number of hydrogen-bond donors (Lipinski definition) is 2. The Bertz CT molecular complexity index is 516. The van der Waals surface area contributed by atoms with Gasteiger partial charge in [0.25, 0.3) is 0 Å². The first-order valence-corrected chi connectivity index (χ1v) is 8.27. The number of aliphatic hydroxyl groups excluding tert-OH is 1. The zero-order valence-electron chi connectivity index (χ0n) is 11.3. The van der Waals surface area contributed by atoms with Gasteiger partial charge < -0.3 is 9.67 Å². The molecular weight excluding hydrogens is 264 g/mol. The summed E-state index contributed by atoms with van der Waals surface area (Å²) < 4.78 is 28.6. The molecule has 2 N–H and O–H groups in total. The van der Waals surface area contributed by atoms with Gasteiger partial charge in [0.2, 0.25) is 10.0 Å². The van der Waals surface area contributed by atoms with Crippen molar-refractivity contribution in [1.29, 1.82) is 0 Å². The maximum atomic E-state index is 12.2. The van der Waals surface area contributed by atoms with Crippen LogP contribution < -0.4 is 4.72 Å². The number of nitrogens with zero attached hydrogens (tertiary/aromatic N) is 1. The fourth-order valence-corrected chi connectivity index (χ4v) is 3.79. The van der Waals surface area contributed by atoms with Crippen LogP contribution in [0.1, 0.15) is 37.8 Å². The topological polar surface area (TPSA) is 71.3 Å². The van der Waals surface area contributed by atoms with Crippen LogP contribution >= 0.6 is 0 Å². The Kier molecular flexibility index (Phi) is 4.65. The van der Waals surface area contributed by atoms with E-state index in [2.05, 4.69) is 4.72 Å². The monoisotopic (exact) mass is 286 g/mol. The molecule has 0 spiro atoms. The van der Waals surface area contributed by atoms with Crippen molar-refractivity contribution in [1.82, 2.24) is 9.29 Å². The first-order valence-electron chi connectivity index (χ1n) is 6.78. The minimum Gasteiger partial charge on any atom is -0.390 e. The van der Waals surface area contributed by atoms with Gasteiger partial charge in [-0.25, -0.2) is 13.1 Å². The zero-order chi connectivity index (χ0) is 13.9. The summed E-state index contributed by atoms with van der Waals surface area (Å²) in [5.74, 6) is 0.463. The standard InChI is InChI=1S/C13H22N2O3S/c1-15-9-13(7-12(15)10-16)19(17,18)14-8-11-5-3-2-4-6-11/h7,9,11,14,16H,2-6,8,10H2,1H3. The molecule has 1 aliphatic carbocycles. The number of sulfonamides is 1. The Morgan fingerprint density at radius 3 is 2.63 bits per heavy atom. The molecule has 1 aliphatic rings. The Hall–Kier alpha value is -0.850. The molecule has 1 fully saturated rings. The molecule has 0 radical (unpaired) electrons. The second-order valence-electron chi connectivity index (χ2n) is 5.29. The van der Waals surface area contributed by atoms with Gasteiger partial charge in [-0.05, 0) is 24.8 Å². The molecule has 5 nitrogen and oxygen atoms in total. The second-order valence-corrected chi connectivity index (χ2v) is 7.06. The number of nitrogens with one attached hydrogen (secondary N) is 1. The van der Waals surface area contributed by atoms with Crippen LogP contribution in [-0.4, -0.2) is 24.6 Å². The molecule has 0 unspecified atom stereocenters. The molecule has 1 aromatic heterocycles. The Morgan fingerprint density at radius 2 is 2.05 bits per heavy atom. The Labute approximate surface area is 114 Å². The molecule has 0 amide bonds. The maximum absolute atomic E-state index is 12.2. The van der Waals surface area contributed by atoms with E-state index in [0.29, 0.717) is 18.2 Å². The highest BCUT2D eigenvalue weighted by Crippen LogP contribution is 2.23. The van der Waals surface area contributed by atoms with Gasteiger partial charge in [-0.1, -0.05) is 19.3 Å². The highest BCUT2D eigenvalue weighted by atomic mass is 32.2. The summed E-state index contributed by atoms with van der Waals surface area (Å²) in [5, 5.41) is 9.10. The van der Waals surface area contributed by atoms with Crippen LogP contribution in [-0.2, 0) is 23.7 Å². The molecule has 1 saturated carbocycles. The van der Waals surface area contributed by atoms with Gasteiger partial charge in [-0.3, -0.25) is 0 Å². The van der Waals surface area contributed by atoms with E-state index in [-0.39, 0.29) is 11.5 Å². The number of hydrogen-bond acceptors (Lipinski definition) is 3. The van der Waals surface area contributed by atoms with Gasteiger partial charge in [0.15, 0.2) is 0 Å². The van der Waals surface area contributed by atoms with Gasteiger partial charge in [-0.2, -0.15) is 0 Å². The lowest BCUT2D eigenvalue weighted by Crippen LogP contribution is -2.30. The van der Waals surface area contributed by atoms with Crippen molar-refractivity contribution < 1.29 is 13.5 Å². The summed E-state index contributed by atoms with van der Waals surface area (Å²) in [6.07, 6.45) is 7.42. The summed E-state index contributed by atoms with van der Waals surface area (Å²) in [5.41, 5.74) is 0.595. The molecule has 0 atom stereocenters. The van der Waals surface area contributed by atoms with E-state index >= 15 is 0 Å². The van der Waals surface area contributed by atoms with E-state index in [1.54, 1.807) is 11.6 Å². The molecule has 6 heteroatoms. The van der Waals surface area contributed by atoms with Crippen molar-refractivity contribution in [3.05, 3.63) is 18.0 Å². The van der Waals surface area contributed by atoms with E-state index in [0.717, 1.165) is 12.8 Å². The first-order chi connectivity index (χ1) is 9.03. The van der Waals surface area contributed by atoms with Crippen LogP contribution in [0.15, 0.2) is 17.2 Å². The lowest BCUT2D eigenvalue weighted by atomic mass is 9.90. The smallest absolute Gasteiger partial charge is 0.242 e. The predicted octanol–water partition coefficient (Wildman–Crippen LogP) is 1.38. The van der Waals surface area contributed by atoms with Crippen molar-refractivity contribution in [2.24, 2.45) is 13.0 Å². The van der Waals surface area contributed by atoms with Gasteiger partial charge in [-0.15, -0.1) is 0 Å². The molecule has 0 aromatic carbocycles. The fourth-order valence-electron chi connectivity index (χ4n) is 2.58. The summed E-state index contributed by atoms with van der Waals surface area (Å²) in [6, 6.07) is 1.52. The average Bonchev–Trinajstić information content (AvgIpc) is 2.80. The molecule has 0 aliphatic heterocycles. The number of aromatic nitrogens is 1. The minimum atomic E-state index is -3.45. The summed E-state index contributed by atoms with van der Waals surface area (Å²) in [4.78, 5) is 0.231. The highest BCUT2D eigenvalue weighted by Gasteiger charge is 2.20. The minimum absolute atomic E-state index is 0.158. The lowest BCUT2D eigenvalue weighted by molar-refractivity contribution is 0.272. The number of aliphatic hydroxyl groups is 1. The van der Waals surface area contributed by atoms with Crippen molar-refractivity contribution in [3.8, 4) is 0 Å². The van der Waals surface area contributed by atoms with E-state index in [1.165, 1.54) is 31.5 Å². The SMILES string of the molecule is Cn1cc(S(=O)(=O)NCC2CCCCC2)cc1CO. The molecule has 1 heterocycles. The normalized spacial score (nSPS) is 17.8. The highest BCUT2D eigenvalue weighted by molar-refractivity contribution is 7.89. The third-order valence-corrected chi connectivity index (χ3v) is 5.23. The van der Waals surface area contributed by atoms with Gasteiger partial charge in [0.05, 0.1) is 11.5 Å². The molecule has 1 aromatic rings.